The average Bonchev–Trinajstić information content (AvgIpc) is 3.63. The van der Waals surface area contributed by atoms with E-state index in [9.17, 15) is 43.5 Å². The van der Waals surface area contributed by atoms with Crippen molar-refractivity contribution in [3.05, 3.63) is 29.8 Å². The molecule has 0 spiro atoms. The first-order valence-corrected chi connectivity index (χ1v) is 18.0. The number of hydrogen-bond acceptors (Lipinski definition) is 12. The zero-order valence-corrected chi connectivity index (χ0v) is 29.6. The number of carbonyl (C=O) groups is 8. The Balaban J connectivity index is 1.51. The number of rotatable bonds is 26. The molecule has 19 heteroatoms. The lowest BCUT2D eigenvalue weighted by atomic mass is 10.0. The Morgan fingerprint density at radius 3 is 2.15 bits per heavy atom. The zero-order chi connectivity index (χ0) is 38.0. The topological polar surface area (TPSA) is 255 Å². The van der Waals surface area contributed by atoms with Crippen LogP contribution >= 0.6 is 11.8 Å². The number of aliphatic carboxylic acids is 3. The van der Waals surface area contributed by atoms with Gasteiger partial charge in [0.25, 0.3) is 0 Å². The summed E-state index contributed by atoms with van der Waals surface area (Å²) in [6.45, 7) is -1.87. The van der Waals surface area contributed by atoms with Gasteiger partial charge in [0.15, 0.2) is 0 Å². The second-order valence-corrected chi connectivity index (χ2v) is 13.9. The van der Waals surface area contributed by atoms with Crippen LogP contribution in [0.5, 0.6) is 0 Å². The summed E-state index contributed by atoms with van der Waals surface area (Å²) in [5, 5.41) is 39.3. The standard InChI is InChI=1S/C33H47N7O11S/c41-13-11-38(9-10-39(18-29(45)46)19-30(47)48)17-24(40(12-14-42)20-31(49)50)15-22-5-7-23(8-6-22)35-28(44)16-34-27(43)4-2-1-3-26-32-25(21-52-26)36-33(51)37-32/h5-8,13-14,24-26,32H,1-4,9-12,15-21H2,(H,34,43)(H,35,44)(H,45,46)(H,47,48)(H,49,50)(H2,36,37,51). The van der Waals surface area contributed by atoms with E-state index in [4.69, 9.17) is 10.2 Å². The molecule has 7 N–H and O–H groups in total. The molecule has 4 unspecified atom stereocenters. The fraction of sp³-hybridized carbons (Fsp3) is 0.576. The third kappa shape index (κ3) is 14.9. The van der Waals surface area contributed by atoms with Gasteiger partial charge in [-0.1, -0.05) is 18.6 Å². The molecule has 0 aromatic heterocycles. The van der Waals surface area contributed by atoms with Crippen LogP contribution in [0.2, 0.25) is 0 Å². The number of nitrogens with one attached hydrogen (secondary N) is 4. The minimum absolute atomic E-state index is 0.00107. The number of hydrogen-bond donors (Lipinski definition) is 7. The van der Waals surface area contributed by atoms with Crippen molar-refractivity contribution < 1.29 is 53.7 Å². The van der Waals surface area contributed by atoms with E-state index < -0.39 is 49.5 Å². The van der Waals surface area contributed by atoms with Crippen LogP contribution in [-0.2, 0) is 40.0 Å². The van der Waals surface area contributed by atoms with E-state index >= 15 is 0 Å². The van der Waals surface area contributed by atoms with Gasteiger partial charge in [-0.25, -0.2) is 4.79 Å². The predicted octanol–water partition coefficient (Wildman–Crippen LogP) is -1.06. The molecule has 2 fully saturated rings. The van der Waals surface area contributed by atoms with E-state index in [2.05, 4.69) is 21.3 Å². The minimum atomic E-state index is -1.22. The largest absolute Gasteiger partial charge is 0.480 e. The maximum Gasteiger partial charge on any atom is 0.317 e. The smallest absolute Gasteiger partial charge is 0.317 e. The van der Waals surface area contributed by atoms with Crippen LogP contribution < -0.4 is 21.3 Å². The lowest BCUT2D eigenvalue weighted by Gasteiger charge is -2.34. The highest BCUT2D eigenvalue weighted by atomic mass is 32.2. The van der Waals surface area contributed by atoms with E-state index in [1.54, 1.807) is 29.2 Å². The van der Waals surface area contributed by atoms with E-state index in [0.717, 1.165) is 24.2 Å². The number of fused-ring (bicyclic) bond motifs is 1. The Morgan fingerprint density at radius 1 is 0.865 bits per heavy atom. The number of unbranched alkanes of at least 4 members (excludes halogenated alkanes) is 1. The van der Waals surface area contributed by atoms with Crippen LogP contribution in [0, 0.1) is 0 Å². The van der Waals surface area contributed by atoms with Gasteiger partial charge in [0.05, 0.1) is 51.4 Å². The number of urea groups is 1. The Hall–Kier alpha value is -4.59. The molecule has 1 aromatic carbocycles. The van der Waals surface area contributed by atoms with Crippen LogP contribution in [0.3, 0.4) is 0 Å². The molecule has 2 heterocycles. The number of benzene rings is 1. The average molecular weight is 750 g/mol. The summed E-state index contributed by atoms with van der Waals surface area (Å²) in [5.41, 5.74) is 1.18. The van der Waals surface area contributed by atoms with Crippen molar-refractivity contribution in [2.45, 2.75) is 55.5 Å². The molecule has 0 aliphatic carbocycles. The molecule has 2 aliphatic heterocycles. The SMILES string of the molecule is O=CCN(CCN(CC(=O)O)CC(=O)O)CC(Cc1ccc(NC(=O)CNC(=O)CCCCC2SCC3NC(=O)NC32)cc1)N(CC=O)CC(=O)O. The van der Waals surface area contributed by atoms with E-state index in [0.29, 0.717) is 29.9 Å². The monoisotopic (exact) mass is 749 g/mol. The summed E-state index contributed by atoms with van der Waals surface area (Å²) in [5.74, 6) is -3.41. The zero-order valence-electron chi connectivity index (χ0n) is 28.7. The number of anilines is 1. The van der Waals surface area contributed by atoms with Crippen molar-refractivity contribution in [2.75, 3.05) is 70.0 Å². The summed E-state index contributed by atoms with van der Waals surface area (Å²) in [4.78, 5) is 97.7. The maximum absolute atomic E-state index is 12.5. The number of carboxylic acids is 3. The minimum Gasteiger partial charge on any atom is -0.480 e. The van der Waals surface area contributed by atoms with Crippen LogP contribution in [0.4, 0.5) is 10.5 Å². The lowest BCUT2D eigenvalue weighted by molar-refractivity contribution is -0.142. The summed E-state index contributed by atoms with van der Waals surface area (Å²) in [6, 6.07) is 6.24. The molecule has 52 heavy (non-hydrogen) atoms. The normalized spacial score (nSPS) is 18.4. The van der Waals surface area contributed by atoms with Crippen LogP contribution in [-0.4, -0.2) is 166 Å². The molecular formula is C33H47N7O11S. The Labute approximate surface area is 305 Å². The second kappa shape index (κ2) is 21.7. The van der Waals surface area contributed by atoms with Crippen LogP contribution in [0.1, 0.15) is 31.2 Å². The van der Waals surface area contributed by atoms with E-state index in [-0.39, 0.29) is 76.1 Å². The first kappa shape index (κ1) is 41.8. The van der Waals surface area contributed by atoms with E-state index in [1.807, 2.05) is 11.8 Å². The maximum atomic E-state index is 12.5. The third-order valence-corrected chi connectivity index (χ3v) is 10.2. The molecule has 2 aliphatic rings. The molecule has 4 amide bonds. The first-order valence-electron chi connectivity index (χ1n) is 16.9. The Morgan fingerprint density at radius 2 is 1.52 bits per heavy atom. The summed E-state index contributed by atoms with van der Waals surface area (Å²) < 4.78 is 0. The fourth-order valence-electron chi connectivity index (χ4n) is 6.20. The molecule has 2 saturated heterocycles. The molecule has 286 valence electrons. The quantitative estimate of drug-likeness (QED) is 0.0338. The van der Waals surface area contributed by atoms with Crippen molar-refractivity contribution in [3.8, 4) is 0 Å². The summed E-state index contributed by atoms with van der Waals surface area (Å²) in [7, 11) is 0. The molecule has 18 nitrogen and oxygen atoms in total. The van der Waals surface area contributed by atoms with Crippen molar-refractivity contribution in [3.63, 3.8) is 0 Å². The van der Waals surface area contributed by atoms with Crippen molar-refractivity contribution in [1.82, 2.24) is 30.7 Å². The number of thioether (sulfide) groups is 1. The van der Waals surface area contributed by atoms with Gasteiger partial charge in [-0.15, -0.1) is 0 Å². The van der Waals surface area contributed by atoms with Gasteiger partial charge in [-0.3, -0.25) is 38.7 Å². The summed E-state index contributed by atoms with van der Waals surface area (Å²) in [6.07, 6.45) is 4.06. The van der Waals surface area contributed by atoms with Gasteiger partial charge in [0, 0.05) is 48.8 Å². The molecule has 3 rings (SSSR count). The van der Waals surface area contributed by atoms with Gasteiger partial charge in [-0.2, -0.15) is 11.8 Å². The van der Waals surface area contributed by atoms with Crippen LogP contribution in [0.25, 0.3) is 0 Å². The van der Waals surface area contributed by atoms with E-state index in [1.165, 1.54) is 9.80 Å². The number of carboxylic acid groups (broad SMARTS) is 3. The third-order valence-electron chi connectivity index (χ3n) is 8.65. The van der Waals surface area contributed by atoms with Gasteiger partial charge in [-0.05, 0) is 37.0 Å². The lowest BCUT2D eigenvalue weighted by Crippen LogP contribution is -2.50. The Kier molecular flexibility index (Phi) is 17.5. The molecule has 0 bridgehead atoms. The second-order valence-electron chi connectivity index (χ2n) is 12.7. The summed E-state index contributed by atoms with van der Waals surface area (Å²) >= 11 is 1.82. The number of nitrogens with zero attached hydrogens (tertiary/aromatic N) is 3. The number of amides is 4. The van der Waals surface area contributed by atoms with Gasteiger partial charge < -0.3 is 46.2 Å². The first-order chi connectivity index (χ1) is 24.9. The fourth-order valence-corrected chi connectivity index (χ4v) is 7.75. The molecule has 0 saturated carbocycles. The predicted molar refractivity (Wildman–Crippen MR) is 189 cm³/mol. The van der Waals surface area contributed by atoms with Crippen LogP contribution in [0.15, 0.2) is 24.3 Å². The number of carbonyl (C=O) groups excluding carboxylic acids is 5. The highest BCUT2D eigenvalue weighted by Crippen LogP contribution is 2.33. The molecule has 0 radical (unpaired) electrons. The van der Waals surface area contributed by atoms with Gasteiger partial charge in [0.1, 0.15) is 12.6 Å². The van der Waals surface area contributed by atoms with Crippen molar-refractivity contribution in [2.24, 2.45) is 0 Å². The van der Waals surface area contributed by atoms with Gasteiger partial charge in [0.2, 0.25) is 11.8 Å². The van der Waals surface area contributed by atoms with Gasteiger partial charge >= 0.3 is 23.9 Å². The highest BCUT2D eigenvalue weighted by molar-refractivity contribution is 8.00. The number of aldehydes is 2. The molecular weight excluding hydrogens is 702 g/mol. The molecule has 1 aromatic rings. The van der Waals surface area contributed by atoms with Crippen molar-refractivity contribution >= 4 is 65.8 Å². The van der Waals surface area contributed by atoms with Crippen molar-refractivity contribution in [1.29, 1.82) is 0 Å². The highest BCUT2D eigenvalue weighted by Gasteiger charge is 2.42. The molecule has 4 atom stereocenters. The Bertz CT molecular complexity index is 1400.